The number of hydrogen-bond acceptors (Lipinski definition) is 4. The Hall–Kier alpha value is -1.59. The van der Waals surface area contributed by atoms with E-state index in [-0.39, 0.29) is 18.6 Å². The van der Waals surface area contributed by atoms with Gasteiger partial charge in [-0.25, -0.2) is 4.79 Å². The number of benzene rings is 1. The molecule has 0 saturated heterocycles. The Morgan fingerprint density at radius 3 is 2.43 bits per heavy atom. The fourth-order valence-electron chi connectivity index (χ4n) is 2.70. The average molecular weight is 293 g/mol. The Morgan fingerprint density at radius 1 is 1.24 bits per heavy atom. The zero-order valence-electron chi connectivity index (χ0n) is 12.3. The van der Waals surface area contributed by atoms with Gasteiger partial charge in [0, 0.05) is 13.1 Å². The Bertz CT molecular complexity index is 441. The van der Waals surface area contributed by atoms with Crippen LogP contribution in [0.4, 0.5) is 4.79 Å². The predicted molar refractivity (Wildman–Crippen MR) is 78.6 cm³/mol. The summed E-state index contributed by atoms with van der Waals surface area (Å²) in [6, 6.07) is 9.55. The lowest BCUT2D eigenvalue weighted by Crippen LogP contribution is -2.35. The van der Waals surface area contributed by atoms with Crippen molar-refractivity contribution in [3.05, 3.63) is 35.9 Å². The van der Waals surface area contributed by atoms with Crippen LogP contribution in [0.5, 0.6) is 0 Å². The maximum absolute atomic E-state index is 12.1. The zero-order valence-corrected chi connectivity index (χ0v) is 12.3. The third-order valence-electron chi connectivity index (χ3n) is 3.92. The second-order valence-corrected chi connectivity index (χ2v) is 5.55. The summed E-state index contributed by atoms with van der Waals surface area (Å²) in [5.41, 5.74) is 0.952. The van der Waals surface area contributed by atoms with Crippen LogP contribution in [0.25, 0.3) is 0 Å². The van der Waals surface area contributed by atoms with E-state index in [2.05, 4.69) is 0 Å². The molecule has 1 aliphatic carbocycles. The first-order valence-corrected chi connectivity index (χ1v) is 7.42. The zero-order chi connectivity index (χ0) is 15.2. The third kappa shape index (κ3) is 4.44. The van der Waals surface area contributed by atoms with Gasteiger partial charge in [0.05, 0.1) is 12.2 Å². The monoisotopic (exact) mass is 293 g/mol. The summed E-state index contributed by atoms with van der Waals surface area (Å²) < 4.78 is 5.31. The van der Waals surface area contributed by atoms with Gasteiger partial charge >= 0.3 is 6.09 Å². The molecule has 0 aromatic heterocycles. The van der Waals surface area contributed by atoms with Crippen molar-refractivity contribution in [2.45, 2.75) is 38.6 Å². The Morgan fingerprint density at radius 2 is 1.86 bits per heavy atom. The number of carbonyl (C=O) groups excluding carboxylic acids is 1. The van der Waals surface area contributed by atoms with Crippen LogP contribution in [0.2, 0.25) is 0 Å². The van der Waals surface area contributed by atoms with E-state index < -0.39 is 12.2 Å². The van der Waals surface area contributed by atoms with Gasteiger partial charge in [-0.2, -0.15) is 0 Å². The molecule has 1 saturated carbocycles. The quantitative estimate of drug-likeness (QED) is 0.868. The van der Waals surface area contributed by atoms with Crippen LogP contribution in [0.1, 0.15) is 25.3 Å². The summed E-state index contributed by atoms with van der Waals surface area (Å²) in [4.78, 5) is 13.7. The Balaban J connectivity index is 1.81. The molecule has 1 aliphatic rings. The molecular weight excluding hydrogens is 270 g/mol. The van der Waals surface area contributed by atoms with Gasteiger partial charge < -0.3 is 19.8 Å². The van der Waals surface area contributed by atoms with Gasteiger partial charge in [-0.15, -0.1) is 0 Å². The van der Waals surface area contributed by atoms with Crippen molar-refractivity contribution in [1.82, 2.24) is 4.90 Å². The van der Waals surface area contributed by atoms with Crippen molar-refractivity contribution < 1.29 is 19.7 Å². The van der Waals surface area contributed by atoms with Gasteiger partial charge in [-0.05, 0) is 31.2 Å². The molecule has 21 heavy (non-hydrogen) atoms. The maximum atomic E-state index is 12.1. The fraction of sp³-hybridized carbons (Fsp3) is 0.562. The van der Waals surface area contributed by atoms with E-state index in [1.807, 2.05) is 37.3 Å². The number of amides is 1. The van der Waals surface area contributed by atoms with Crippen LogP contribution in [0, 0.1) is 5.92 Å². The first-order chi connectivity index (χ1) is 10.1. The molecule has 3 atom stereocenters. The molecule has 0 heterocycles. The van der Waals surface area contributed by atoms with Gasteiger partial charge in [0.1, 0.15) is 6.61 Å². The van der Waals surface area contributed by atoms with Gasteiger partial charge in [0.15, 0.2) is 0 Å². The van der Waals surface area contributed by atoms with Crippen molar-refractivity contribution in [2.75, 3.05) is 13.1 Å². The van der Waals surface area contributed by atoms with Crippen molar-refractivity contribution in [1.29, 1.82) is 0 Å². The lowest BCUT2D eigenvalue weighted by Gasteiger charge is -2.23. The van der Waals surface area contributed by atoms with Crippen LogP contribution >= 0.6 is 0 Å². The number of carbonyl (C=O) groups is 1. The fourth-order valence-corrected chi connectivity index (χ4v) is 2.70. The highest BCUT2D eigenvalue weighted by Crippen LogP contribution is 2.27. The third-order valence-corrected chi connectivity index (χ3v) is 3.92. The SMILES string of the molecule is CCN(CC1C[C@@H](O)[C@@H](O)C1)C(=O)OCc1ccccc1. The van der Waals surface area contributed by atoms with Crippen molar-refractivity contribution in [3.8, 4) is 0 Å². The van der Waals surface area contributed by atoms with Gasteiger partial charge in [-0.3, -0.25) is 0 Å². The van der Waals surface area contributed by atoms with E-state index in [1.54, 1.807) is 4.90 Å². The molecule has 2 rings (SSSR count). The summed E-state index contributed by atoms with van der Waals surface area (Å²) in [6.07, 6.45) is -0.631. The first kappa shape index (κ1) is 15.8. The standard InChI is InChI=1S/C16H23NO4/c1-2-17(10-13-8-14(18)15(19)9-13)16(20)21-11-12-6-4-3-5-7-12/h3-7,13-15,18-19H,2,8-11H2,1H3/t13?,14-,15+. The number of hydrogen-bond donors (Lipinski definition) is 2. The molecule has 0 radical (unpaired) electrons. The highest BCUT2D eigenvalue weighted by atomic mass is 16.6. The molecule has 116 valence electrons. The molecular formula is C16H23NO4. The highest BCUT2D eigenvalue weighted by Gasteiger charge is 2.33. The minimum atomic E-state index is -0.672. The number of aliphatic hydroxyl groups excluding tert-OH is 2. The normalized spacial score (nSPS) is 24.8. The van der Waals surface area contributed by atoms with Crippen LogP contribution in [-0.4, -0.2) is 46.5 Å². The van der Waals surface area contributed by atoms with Crippen molar-refractivity contribution in [2.24, 2.45) is 5.92 Å². The molecule has 1 unspecified atom stereocenters. The maximum Gasteiger partial charge on any atom is 0.410 e. The number of nitrogens with zero attached hydrogens (tertiary/aromatic N) is 1. The molecule has 0 bridgehead atoms. The minimum absolute atomic E-state index is 0.124. The van der Waals surface area contributed by atoms with E-state index in [0.717, 1.165) is 5.56 Å². The predicted octanol–water partition coefficient (Wildman–Crippen LogP) is 1.78. The number of aliphatic hydroxyl groups is 2. The lowest BCUT2D eigenvalue weighted by molar-refractivity contribution is 0.0438. The lowest BCUT2D eigenvalue weighted by atomic mass is 10.1. The second kappa shape index (κ2) is 7.43. The molecule has 5 heteroatoms. The van der Waals surface area contributed by atoms with Crippen molar-refractivity contribution in [3.63, 3.8) is 0 Å². The Labute approximate surface area is 125 Å². The molecule has 1 aromatic rings. The molecule has 1 fully saturated rings. The molecule has 1 amide bonds. The van der Waals surface area contributed by atoms with Gasteiger partial charge in [-0.1, -0.05) is 30.3 Å². The first-order valence-electron chi connectivity index (χ1n) is 7.42. The smallest absolute Gasteiger partial charge is 0.410 e. The molecule has 2 N–H and O–H groups in total. The van der Waals surface area contributed by atoms with E-state index >= 15 is 0 Å². The van der Waals surface area contributed by atoms with Crippen LogP contribution in [-0.2, 0) is 11.3 Å². The molecule has 0 aliphatic heterocycles. The van der Waals surface area contributed by atoms with Crippen molar-refractivity contribution >= 4 is 6.09 Å². The summed E-state index contributed by atoms with van der Waals surface area (Å²) in [5.74, 6) is 0.124. The van der Waals surface area contributed by atoms with E-state index in [4.69, 9.17) is 4.74 Å². The summed E-state index contributed by atoms with van der Waals surface area (Å²) in [5, 5.41) is 19.1. The summed E-state index contributed by atoms with van der Waals surface area (Å²) in [7, 11) is 0. The van der Waals surface area contributed by atoms with E-state index in [0.29, 0.717) is 25.9 Å². The second-order valence-electron chi connectivity index (χ2n) is 5.55. The molecule has 1 aromatic carbocycles. The topological polar surface area (TPSA) is 70.0 Å². The average Bonchev–Trinajstić information content (AvgIpc) is 2.81. The van der Waals surface area contributed by atoms with Gasteiger partial charge in [0.2, 0.25) is 0 Å². The minimum Gasteiger partial charge on any atom is -0.445 e. The number of rotatable bonds is 5. The summed E-state index contributed by atoms with van der Waals surface area (Å²) in [6.45, 7) is 3.21. The number of ether oxygens (including phenoxy) is 1. The highest BCUT2D eigenvalue weighted by molar-refractivity contribution is 5.67. The van der Waals surface area contributed by atoms with Gasteiger partial charge in [0.25, 0.3) is 0 Å². The molecule has 5 nitrogen and oxygen atoms in total. The Kier molecular flexibility index (Phi) is 5.59. The van der Waals surface area contributed by atoms with Crippen LogP contribution < -0.4 is 0 Å². The molecule has 0 spiro atoms. The summed E-state index contributed by atoms with van der Waals surface area (Å²) >= 11 is 0. The van der Waals surface area contributed by atoms with E-state index in [9.17, 15) is 15.0 Å². The van der Waals surface area contributed by atoms with Crippen LogP contribution in [0.3, 0.4) is 0 Å². The van der Waals surface area contributed by atoms with Crippen LogP contribution in [0.15, 0.2) is 30.3 Å². The van der Waals surface area contributed by atoms with E-state index in [1.165, 1.54) is 0 Å². The largest absolute Gasteiger partial charge is 0.445 e.